The summed E-state index contributed by atoms with van der Waals surface area (Å²) >= 11 is 7.61. The molecule has 0 spiro atoms. The van der Waals surface area contributed by atoms with Gasteiger partial charge in [-0.1, -0.05) is 23.7 Å². The van der Waals surface area contributed by atoms with E-state index in [0.717, 1.165) is 43.3 Å². The second-order valence-electron chi connectivity index (χ2n) is 6.49. The van der Waals surface area contributed by atoms with Crippen molar-refractivity contribution < 1.29 is 5.11 Å². The number of rotatable bonds is 7. The lowest BCUT2D eigenvalue weighted by molar-refractivity contribution is 0.0761. The van der Waals surface area contributed by atoms with Gasteiger partial charge in [-0.2, -0.15) is 11.8 Å². The van der Waals surface area contributed by atoms with E-state index in [1.807, 2.05) is 25.3 Å². The lowest BCUT2D eigenvalue weighted by atomic mass is 10.0. The van der Waals surface area contributed by atoms with Crippen LogP contribution < -0.4 is 5.32 Å². The van der Waals surface area contributed by atoms with Crippen molar-refractivity contribution in [3.05, 3.63) is 34.9 Å². The van der Waals surface area contributed by atoms with E-state index < -0.39 is 5.60 Å². The van der Waals surface area contributed by atoms with Crippen LogP contribution in [0.2, 0.25) is 5.02 Å². The van der Waals surface area contributed by atoms with Crippen LogP contribution in [0.4, 0.5) is 0 Å². The molecule has 1 saturated heterocycles. The van der Waals surface area contributed by atoms with Crippen molar-refractivity contribution >= 4 is 23.4 Å². The van der Waals surface area contributed by atoms with Crippen LogP contribution in [0.25, 0.3) is 0 Å². The van der Waals surface area contributed by atoms with Crippen LogP contribution in [0.1, 0.15) is 25.3 Å². The Bertz CT molecular complexity index is 444. The summed E-state index contributed by atoms with van der Waals surface area (Å²) in [7, 11) is 0. The van der Waals surface area contributed by atoms with Crippen LogP contribution in [0.3, 0.4) is 0 Å². The first kappa shape index (κ1) is 18.1. The molecule has 0 aliphatic carbocycles. The minimum Gasteiger partial charge on any atom is -0.388 e. The Hall–Kier alpha value is -0.260. The fourth-order valence-corrected chi connectivity index (χ4v) is 3.72. The van der Waals surface area contributed by atoms with Crippen molar-refractivity contribution in [2.24, 2.45) is 0 Å². The maximum atomic E-state index is 10.2. The minimum atomic E-state index is -0.611. The number of benzene rings is 1. The predicted molar refractivity (Wildman–Crippen MR) is 96.8 cm³/mol. The largest absolute Gasteiger partial charge is 0.388 e. The van der Waals surface area contributed by atoms with Crippen molar-refractivity contribution in [1.29, 1.82) is 0 Å². The summed E-state index contributed by atoms with van der Waals surface area (Å²) in [6, 6.07) is 8.64. The lowest BCUT2D eigenvalue weighted by Crippen LogP contribution is -2.48. The predicted octanol–water partition coefficient (Wildman–Crippen LogP) is 3.01. The average Bonchev–Trinajstić information content (AvgIpc) is 2.49. The standard InChI is InChI=1S/C17H27ClN2OS/c1-17(21,13-22-2)12-19-16-7-9-20(10-8-16)11-14-3-5-15(18)6-4-14/h3-6,16,19,21H,7-13H2,1-2H3/t17-/m0/s1. The quantitative estimate of drug-likeness (QED) is 0.798. The maximum absolute atomic E-state index is 10.2. The third-order valence-corrected chi connectivity index (χ3v) is 5.30. The van der Waals surface area contributed by atoms with Gasteiger partial charge < -0.3 is 10.4 Å². The molecule has 1 aliphatic heterocycles. The van der Waals surface area contributed by atoms with E-state index in [1.165, 1.54) is 5.56 Å². The van der Waals surface area contributed by atoms with Gasteiger partial charge in [-0.15, -0.1) is 0 Å². The van der Waals surface area contributed by atoms with Crippen LogP contribution in [0, 0.1) is 0 Å². The average molecular weight is 343 g/mol. The number of hydrogen-bond acceptors (Lipinski definition) is 4. The molecule has 2 N–H and O–H groups in total. The number of piperidine rings is 1. The summed E-state index contributed by atoms with van der Waals surface area (Å²) in [6.07, 6.45) is 4.32. The summed E-state index contributed by atoms with van der Waals surface area (Å²) in [5, 5.41) is 14.5. The molecule has 124 valence electrons. The van der Waals surface area contributed by atoms with Crippen molar-refractivity contribution in [1.82, 2.24) is 10.2 Å². The second kappa shape index (κ2) is 8.55. The zero-order chi connectivity index (χ0) is 16.0. The number of halogens is 1. The fourth-order valence-electron chi connectivity index (χ4n) is 2.87. The van der Waals surface area contributed by atoms with Crippen LogP contribution in [0.5, 0.6) is 0 Å². The number of likely N-dealkylation sites (tertiary alicyclic amines) is 1. The first-order valence-corrected chi connectivity index (χ1v) is 9.67. The van der Waals surface area contributed by atoms with Gasteiger partial charge in [0, 0.05) is 29.9 Å². The Morgan fingerprint density at radius 1 is 1.32 bits per heavy atom. The zero-order valence-corrected chi connectivity index (χ0v) is 15.1. The van der Waals surface area contributed by atoms with Gasteiger partial charge in [-0.25, -0.2) is 0 Å². The van der Waals surface area contributed by atoms with Crippen molar-refractivity contribution in [2.75, 3.05) is 31.6 Å². The molecule has 3 nitrogen and oxygen atoms in total. The van der Waals surface area contributed by atoms with Gasteiger partial charge in [0.1, 0.15) is 0 Å². The SMILES string of the molecule is CSC[C@@](C)(O)CNC1CCN(Cc2ccc(Cl)cc2)CC1. The van der Waals surface area contributed by atoms with E-state index in [1.54, 1.807) is 11.8 Å². The summed E-state index contributed by atoms with van der Waals surface area (Å²) in [5.41, 5.74) is 0.707. The Morgan fingerprint density at radius 3 is 2.55 bits per heavy atom. The molecule has 0 bridgehead atoms. The van der Waals surface area contributed by atoms with Gasteiger partial charge in [-0.05, 0) is 56.8 Å². The molecule has 1 atom stereocenters. The molecule has 22 heavy (non-hydrogen) atoms. The van der Waals surface area contributed by atoms with E-state index >= 15 is 0 Å². The van der Waals surface area contributed by atoms with Crippen LogP contribution >= 0.6 is 23.4 Å². The third-order valence-electron chi connectivity index (χ3n) is 4.13. The van der Waals surface area contributed by atoms with E-state index in [4.69, 9.17) is 11.6 Å². The monoisotopic (exact) mass is 342 g/mol. The maximum Gasteiger partial charge on any atom is 0.0833 e. The molecule has 0 aromatic heterocycles. The molecule has 2 rings (SSSR count). The molecule has 0 amide bonds. The number of nitrogens with zero attached hydrogens (tertiary/aromatic N) is 1. The van der Waals surface area contributed by atoms with Gasteiger partial charge in [0.05, 0.1) is 5.60 Å². The van der Waals surface area contributed by atoms with Crippen molar-refractivity contribution in [3.63, 3.8) is 0 Å². The van der Waals surface area contributed by atoms with Gasteiger partial charge in [0.15, 0.2) is 0 Å². The third kappa shape index (κ3) is 6.09. The number of thioether (sulfide) groups is 1. The second-order valence-corrected chi connectivity index (χ2v) is 7.79. The highest BCUT2D eigenvalue weighted by atomic mass is 35.5. The van der Waals surface area contributed by atoms with Crippen LogP contribution in [-0.2, 0) is 6.54 Å². The van der Waals surface area contributed by atoms with E-state index in [0.29, 0.717) is 12.6 Å². The highest BCUT2D eigenvalue weighted by Crippen LogP contribution is 2.17. The molecule has 0 radical (unpaired) electrons. The molecule has 0 saturated carbocycles. The normalized spacial score (nSPS) is 20.0. The number of aliphatic hydroxyl groups is 1. The fraction of sp³-hybridized carbons (Fsp3) is 0.647. The first-order valence-electron chi connectivity index (χ1n) is 7.90. The molecule has 0 unspecified atom stereocenters. The lowest BCUT2D eigenvalue weighted by Gasteiger charge is -2.34. The van der Waals surface area contributed by atoms with E-state index in [2.05, 4.69) is 22.3 Å². The van der Waals surface area contributed by atoms with E-state index in [-0.39, 0.29) is 0 Å². The summed E-state index contributed by atoms with van der Waals surface area (Å²) in [6.45, 7) is 5.78. The topological polar surface area (TPSA) is 35.5 Å². The van der Waals surface area contributed by atoms with Gasteiger partial charge in [0.25, 0.3) is 0 Å². The highest BCUT2D eigenvalue weighted by molar-refractivity contribution is 7.98. The van der Waals surface area contributed by atoms with Gasteiger partial charge in [0.2, 0.25) is 0 Å². The zero-order valence-electron chi connectivity index (χ0n) is 13.5. The molecule has 1 aliphatic rings. The highest BCUT2D eigenvalue weighted by Gasteiger charge is 2.24. The Balaban J connectivity index is 1.70. The van der Waals surface area contributed by atoms with Crippen molar-refractivity contribution in [2.45, 2.75) is 38.0 Å². The molecular weight excluding hydrogens is 316 g/mol. The number of nitrogens with one attached hydrogen (secondary N) is 1. The molecule has 1 aromatic carbocycles. The van der Waals surface area contributed by atoms with Crippen molar-refractivity contribution in [3.8, 4) is 0 Å². The minimum absolute atomic E-state index is 0.523. The smallest absolute Gasteiger partial charge is 0.0833 e. The Kier molecular flexibility index (Phi) is 7.03. The van der Waals surface area contributed by atoms with Crippen LogP contribution in [0.15, 0.2) is 24.3 Å². The Labute approximate surface area is 143 Å². The summed E-state index contributed by atoms with van der Waals surface area (Å²) in [4.78, 5) is 2.49. The molecule has 1 heterocycles. The van der Waals surface area contributed by atoms with Gasteiger partial charge >= 0.3 is 0 Å². The number of hydrogen-bond donors (Lipinski definition) is 2. The molecular formula is C17H27ClN2OS. The van der Waals surface area contributed by atoms with Crippen LogP contribution in [-0.4, -0.2) is 53.3 Å². The molecule has 1 fully saturated rings. The molecule has 5 heteroatoms. The van der Waals surface area contributed by atoms with Gasteiger partial charge in [-0.3, -0.25) is 4.90 Å². The van der Waals surface area contributed by atoms with E-state index in [9.17, 15) is 5.11 Å². The summed E-state index contributed by atoms with van der Waals surface area (Å²) in [5.74, 6) is 0.773. The molecule has 1 aromatic rings. The Morgan fingerprint density at radius 2 is 1.95 bits per heavy atom. The summed E-state index contributed by atoms with van der Waals surface area (Å²) < 4.78 is 0. The first-order chi connectivity index (χ1) is 10.5.